The van der Waals surface area contributed by atoms with Gasteiger partial charge in [-0.1, -0.05) is 29.8 Å². The number of amides is 2. The Hall–Kier alpha value is -3.29. The molecule has 0 bridgehead atoms. The van der Waals surface area contributed by atoms with Gasteiger partial charge in [-0.05, 0) is 70.9 Å². The van der Waals surface area contributed by atoms with Crippen molar-refractivity contribution in [3.05, 3.63) is 93.6 Å². The highest BCUT2D eigenvalue weighted by molar-refractivity contribution is 8.18. The third-order valence-electron chi connectivity index (χ3n) is 4.76. The van der Waals surface area contributed by atoms with Crippen molar-refractivity contribution in [3.8, 4) is 11.5 Å². The molecule has 1 aromatic heterocycles. The number of carbonyl (C=O) groups is 2. The Balaban J connectivity index is 1.48. The highest BCUT2D eigenvalue weighted by atomic mass is 35.5. The van der Waals surface area contributed by atoms with Crippen LogP contribution in [0.5, 0.6) is 11.5 Å². The molecule has 162 valence electrons. The molecule has 0 atom stereocenters. The molecule has 4 rings (SSSR count). The minimum absolute atomic E-state index is 0.199. The second-order valence-electron chi connectivity index (χ2n) is 6.95. The minimum atomic E-state index is -0.327. The van der Waals surface area contributed by atoms with Crippen molar-refractivity contribution < 1.29 is 19.1 Å². The maximum absolute atomic E-state index is 12.8. The first kappa shape index (κ1) is 21.9. The van der Waals surface area contributed by atoms with E-state index >= 15 is 0 Å². The predicted molar refractivity (Wildman–Crippen MR) is 125 cm³/mol. The van der Waals surface area contributed by atoms with Crippen molar-refractivity contribution in [2.24, 2.45) is 0 Å². The number of methoxy groups -OCH3 is 1. The molecule has 32 heavy (non-hydrogen) atoms. The third kappa shape index (κ3) is 5.12. The van der Waals surface area contributed by atoms with E-state index in [1.165, 1.54) is 4.90 Å². The average Bonchev–Trinajstić information content (AvgIpc) is 3.07. The summed E-state index contributed by atoms with van der Waals surface area (Å²) in [5, 5.41) is 0.297. The Morgan fingerprint density at radius 3 is 2.47 bits per heavy atom. The molecule has 2 amide bonds. The molecular formula is C24H19ClN2O4S. The van der Waals surface area contributed by atoms with Crippen LogP contribution in [-0.2, 0) is 17.9 Å². The van der Waals surface area contributed by atoms with Crippen molar-refractivity contribution in [1.82, 2.24) is 9.88 Å². The Kier molecular flexibility index (Phi) is 6.78. The lowest BCUT2D eigenvalue weighted by Crippen LogP contribution is -2.27. The van der Waals surface area contributed by atoms with E-state index in [1.54, 1.807) is 62.0 Å². The molecule has 0 saturated carbocycles. The lowest BCUT2D eigenvalue weighted by molar-refractivity contribution is -0.123. The van der Waals surface area contributed by atoms with Crippen LogP contribution in [0.15, 0.2) is 71.9 Å². The zero-order valence-electron chi connectivity index (χ0n) is 17.2. The zero-order chi connectivity index (χ0) is 22.5. The molecule has 8 heteroatoms. The standard InChI is InChI=1S/C24H19ClN2O4S/c1-30-21-12-18(4-7-20(21)31-15-17-8-10-26-11-9-17)13-22-23(28)27(24(29)32-22)14-16-2-5-19(25)6-3-16/h2-13H,14-15H2,1H3/b22-13-. The van der Waals surface area contributed by atoms with Crippen LogP contribution >= 0.6 is 23.4 Å². The summed E-state index contributed by atoms with van der Waals surface area (Å²) in [6, 6.07) is 16.2. The Bertz CT molecular complexity index is 1170. The fourth-order valence-electron chi connectivity index (χ4n) is 3.09. The van der Waals surface area contributed by atoms with Crippen molar-refractivity contribution in [2.75, 3.05) is 7.11 Å². The van der Waals surface area contributed by atoms with Gasteiger partial charge < -0.3 is 9.47 Å². The van der Waals surface area contributed by atoms with E-state index in [0.717, 1.165) is 28.5 Å². The number of pyridine rings is 1. The van der Waals surface area contributed by atoms with Gasteiger partial charge in [0, 0.05) is 17.4 Å². The van der Waals surface area contributed by atoms with Gasteiger partial charge in [-0.3, -0.25) is 19.5 Å². The van der Waals surface area contributed by atoms with Gasteiger partial charge in [-0.15, -0.1) is 0 Å². The largest absolute Gasteiger partial charge is 0.493 e. The molecule has 0 unspecified atom stereocenters. The van der Waals surface area contributed by atoms with E-state index in [9.17, 15) is 9.59 Å². The van der Waals surface area contributed by atoms with E-state index in [-0.39, 0.29) is 17.7 Å². The van der Waals surface area contributed by atoms with E-state index in [1.807, 2.05) is 18.2 Å². The summed E-state index contributed by atoms with van der Waals surface area (Å²) in [6.45, 7) is 0.575. The van der Waals surface area contributed by atoms with Crippen molar-refractivity contribution in [3.63, 3.8) is 0 Å². The number of hydrogen-bond donors (Lipinski definition) is 0. The van der Waals surface area contributed by atoms with Crippen LogP contribution in [0.2, 0.25) is 5.02 Å². The monoisotopic (exact) mass is 466 g/mol. The number of hydrogen-bond acceptors (Lipinski definition) is 6. The molecule has 0 spiro atoms. The second-order valence-corrected chi connectivity index (χ2v) is 8.38. The van der Waals surface area contributed by atoms with Crippen LogP contribution < -0.4 is 9.47 Å². The maximum Gasteiger partial charge on any atom is 0.293 e. The quantitative estimate of drug-likeness (QED) is 0.425. The van der Waals surface area contributed by atoms with Crippen molar-refractivity contribution in [2.45, 2.75) is 13.2 Å². The van der Waals surface area contributed by atoms with Gasteiger partial charge in [0.1, 0.15) is 6.61 Å². The van der Waals surface area contributed by atoms with Gasteiger partial charge in [-0.25, -0.2) is 0 Å². The molecule has 1 aliphatic heterocycles. The van der Waals surface area contributed by atoms with E-state index in [4.69, 9.17) is 21.1 Å². The lowest BCUT2D eigenvalue weighted by Gasteiger charge is -2.12. The fraction of sp³-hybridized carbons (Fsp3) is 0.125. The number of rotatable bonds is 7. The molecule has 2 aromatic carbocycles. The van der Waals surface area contributed by atoms with Crippen LogP contribution in [0.4, 0.5) is 4.79 Å². The molecular weight excluding hydrogens is 448 g/mol. The number of ether oxygens (including phenoxy) is 2. The average molecular weight is 467 g/mol. The SMILES string of the molecule is COc1cc(/C=C2\SC(=O)N(Cc3ccc(Cl)cc3)C2=O)ccc1OCc1ccncc1. The molecule has 0 radical (unpaired) electrons. The van der Waals surface area contributed by atoms with Gasteiger partial charge in [0.15, 0.2) is 11.5 Å². The number of thioether (sulfide) groups is 1. The number of carbonyl (C=O) groups excluding carboxylic acids is 2. The first-order valence-electron chi connectivity index (χ1n) is 9.73. The summed E-state index contributed by atoms with van der Waals surface area (Å²) in [5.74, 6) is 0.789. The minimum Gasteiger partial charge on any atom is -0.493 e. The maximum atomic E-state index is 12.8. The Morgan fingerprint density at radius 2 is 1.75 bits per heavy atom. The first-order chi connectivity index (χ1) is 15.5. The first-order valence-corrected chi connectivity index (χ1v) is 10.9. The molecule has 1 fully saturated rings. The molecule has 6 nitrogen and oxygen atoms in total. The number of imide groups is 1. The Morgan fingerprint density at radius 1 is 1.00 bits per heavy atom. The highest BCUT2D eigenvalue weighted by Crippen LogP contribution is 2.35. The number of halogens is 1. The van der Waals surface area contributed by atoms with Crippen LogP contribution in [0.1, 0.15) is 16.7 Å². The highest BCUT2D eigenvalue weighted by Gasteiger charge is 2.35. The van der Waals surface area contributed by atoms with Crippen LogP contribution in [0.3, 0.4) is 0 Å². The van der Waals surface area contributed by atoms with Crippen LogP contribution in [-0.4, -0.2) is 28.1 Å². The third-order valence-corrected chi connectivity index (χ3v) is 5.92. The van der Waals surface area contributed by atoms with E-state index < -0.39 is 0 Å². The van der Waals surface area contributed by atoms with Gasteiger partial charge in [0.25, 0.3) is 11.1 Å². The molecule has 0 aliphatic carbocycles. The molecule has 1 aliphatic rings. The van der Waals surface area contributed by atoms with Crippen LogP contribution in [0, 0.1) is 0 Å². The van der Waals surface area contributed by atoms with Gasteiger partial charge >= 0.3 is 0 Å². The fourth-order valence-corrected chi connectivity index (χ4v) is 4.06. The summed E-state index contributed by atoms with van der Waals surface area (Å²) in [7, 11) is 1.55. The smallest absolute Gasteiger partial charge is 0.293 e. The van der Waals surface area contributed by atoms with E-state index in [2.05, 4.69) is 4.98 Å². The second kappa shape index (κ2) is 9.89. The summed E-state index contributed by atoms with van der Waals surface area (Å²) in [4.78, 5) is 30.8. The number of aromatic nitrogens is 1. The van der Waals surface area contributed by atoms with Crippen molar-refractivity contribution >= 4 is 40.6 Å². The summed E-state index contributed by atoms with van der Waals surface area (Å²) in [6.07, 6.45) is 5.10. The summed E-state index contributed by atoms with van der Waals surface area (Å²) in [5.41, 5.74) is 2.55. The molecule has 0 N–H and O–H groups in total. The Labute approximate surface area is 194 Å². The normalized spacial score (nSPS) is 14.8. The van der Waals surface area contributed by atoms with Gasteiger partial charge in [0.2, 0.25) is 0 Å². The summed E-state index contributed by atoms with van der Waals surface area (Å²) >= 11 is 6.82. The molecule has 3 aromatic rings. The lowest BCUT2D eigenvalue weighted by atomic mass is 10.1. The summed E-state index contributed by atoms with van der Waals surface area (Å²) < 4.78 is 11.3. The van der Waals surface area contributed by atoms with Gasteiger partial charge in [0.05, 0.1) is 18.6 Å². The predicted octanol–water partition coefficient (Wildman–Crippen LogP) is 5.56. The van der Waals surface area contributed by atoms with Crippen LogP contribution in [0.25, 0.3) is 6.08 Å². The van der Waals surface area contributed by atoms with E-state index in [0.29, 0.717) is 28.0 Å². The van der Waals surface area contributed by atoms with Gasteiger partial charge in [-0.2, -0.15) is 0 Å². The topological polar surface area (TPSA) is 68.7 Å². The molecule has 1 saturated heterocycles. The zero-order valence-corrected chi connectivity index (χ0v) is 18.7. The molecule has 2 heterocycles. The van der Waals surface area contributed by atoms with Crippen molar-refractivity contribution in [1.29, 1.82) is 0 Å². The number of nitrogens with zero attached hydrogens (tertiary/aromatic N) is 2. The number of benzene rings is 2.